The summed E-state index contributed by atoms with van der Waals surface area (Å²) in [6.07, 6.45) is -8.14. The second kappa shape index (κ2) is 9.09. The lowest BCUT2D eigenvalue weighted by molar-refractivity contribution is -0.350. The number of hydrogen-bond donors (Lipinski definition) is 0. The topological polar surface area (TPSA) is 63.6 Å². The molecule has 2 fully saturated rings. The average molecular weight is 638 g/mol. The summed E-state index contributed by atoms with van der Waals surface area (Å²) in [5.74, 6) is -0.536. The van der Waals surface area contributed by atoms with Crippen LogP contribution in [0, 0.1) is 16.7 Å². The van der Waals surface area contributed by atoms with Crippen LogP contribution in [0.4, 0.5) is 30.7 Å². The molecule has 206 valence electrons. The number of halogens is 9. The summed E-state index contributed by atoms with van der Waals surface area (Å²) in [5, 5.41) is 13.6. The molecule has 5 nitrogen and oxygen atoms in total. The van der Waals surface area contributed by atoms with Gasteiger partial charge in [-0.25, -0.2) is 9.07 Å². The highest BCUT2D eigenvalue weighted by molar-refractivity contribution is 9.10. The van der Waals surface area contributed by atoms with Crippen molar-refractivity contribution >= 4 is 33.3 Å². The third kappa shape index (κ3) is 4.65. The van der Waals surface area contributed by atoms with Gasteiger partial charge in [0.05, 0.1) is 32.9 Å². The molecule has 5 rings (SSSR count). The van der Waals surface area contributed by atoms with E-state index in [0.29, 0.717) is 34.6 Å². The lowest BCUT2D eigenvalue weighted by atomic mass is 9.95. The molecule has 0 aliphatic heterocycles. The molecule has 0 spiro atoms. The molecule has 1 aromatic carbocycles. The predicted octanol–water partition coefficient (Wildman–Crippen LogP) is 8.26. The van der Waals surface area contributed by atoms with Gasteiger partial charge in [-0.05, 0) is 65.4 Å². The number of nitriles is 1. The van der Waals surface area contributed by atoms with Crippen molar-refractivity contribution < 1.29 is 35.5 Å². The number of rotatable bonds is 7. The van der Waals surface area contributed by atoms with Crippen molar-refractivity contribution in [3.05, 3.63) is 57.4 Å². The van der Waals surface area contributed by atoms with E-state index in [1.54, 1.807) is 6.07 Å². The van der Waals surface area contributed by atoms with Crippen LogP contribution < -0.4 is 0 Å². The van der Waals surface area contributed by atoms with Crippen LogP contribution in [0.5, 0.6) is 0 Å². The van der Waals surface area contributed by atoms with Crippen LogP contribution in [0.1, 0.15) is 54.2 Å². The number of aromatic nitrogens is 3. The van der Waals surface area contributed by atoms with E-state index in [2.05, 4.69) is 27.1 Å². The first-order valence-corrected chi connectivity index (χ1v) is 12.8. The Kier molecular flexibility index (Phi) is 6.46. The molecule has 0 N–H and O–H groups in total. The first-order valence-electron chi connectivity index (χ1n) is 11.6. The Labute approximate surface area is 230 Å². The first-order chi connectivity index (χ1) is 18.1. The Morgan fingerprint density at radius 2 is 1.74 bits per heavy atom. The minimum Gasteiger partial charge on any atom is -0.322 e. The number of Topliss-reactive ketones (excluding diaryl/α,β-unsaturated/α-hetero) is 1. The van der Waals surface area contributed by atoms with Gasteiger partial charge in [0.2, 0.25) is 0 Å². The van der Waals surface area contributed by atoms with Crippen LogP contribution in [0.25, 0.3) is 16.9 Å². The number of carbonyl (C=O) groups is 1. The van der Waals surface area contributed by atoms with E-state index in [1.807, 2.05) is 0 Å². The van der Waals surface area contributed by atoms with Gasteiger partial charge in [0.25, 0.3) is 0 Å². The van der Waals surface area contributed by atoms with Crippen molar-refractivity contribution in [2.45, 2.75) is 56.2 Å². The summed E-state index contributed by atoms with van der Waals surface area (Å²) in [6.45, 7) is 0. The van der Waals surface area contributed by atoms with Crippen molar-refractivity contribution in [3.63, 3.8) is 0 Å². The highest BCUT2D eigenvalue weighted by Gasteiger charge is 2.75. The quantitative estimate of drug-likeness (QED) is 0.194. The second-order valence-corrected chi connectivity index (χ2v) is 11.1. The molecule has 2 saturated carbocycles. The van der Waals surface area contributed by atoms with E-state index >= 15 is 4.39 Å². The largest absolute Gasteiger partial charge is 0.437 e. The smallest absolute Gasteiger partial charge is 0.322 e. The normalized spacial score (nSPS) is 17.2. The summed E-state index contributed by atoms with van der Waals surface area (Å²) >= 11 is 9.22. The molecule has 0 atom stereocenters. The van der Waals surface area contributed by atoms with E-state index < -0.39 is 35.2 Å². The maximum Gasteiger partial charge on any atom is 0.437 e. The molecule has 2 heterocycles. The maximum absolute atomic E-state index is 15.1. The Bertz CT molecular complexity index is 1500. The predicted molar refractivity (Wildman–Crippen MR) is 129 cm³/mol. The summed E-state index contributed by atoms with van der Waals surface area (Å²) in [6, 6.07) is 6.36. The van der Waals surface area contributed by atoms with E-state index in [0.717, 1.165) is 4.68 Å². The molecule has 0 amide bonds. The highest BCUT2D eigenvalue weighted by Crippen LogP contribution is 2.56. The van der Waals surface area contributed by atoms with Gasteiger partial charge in [-0.15, -0.1) is 0 Å². The van der Waals surface area contributed by atoms with Gasteiger partial charge in [-0.1, -0.05) is 17.7 Å². The first kappa shape index (κ1) is 27.7. The molecule has 2 aliphatic carbocycles. The standard InChI is InChI=1S/C25H17BrClF7N4O/c26-17-8-20(23(28,24(29,30)31)25(32,33)34)38(15-2-3-15)21(17)37-11-14(10-36-37)13-1-4-18(27)16(7-13)19(39)9-22(12-35)5-6-22/h1,4,7-8,10-11,15H,2-3,5-6,9H2. The lowest BCUT2D eigenvalue weighted by Gasteiger charge is -2.31. The molecule has 0 radical (unpaired) electrons. The molecular weight excluding hydrogens is 621 g/mol. The minimum absolute atomic E-state index is 0.0000454. The Balaban J connectivity index is 1.56. The number of carbonyl (C=O) groups excluding carboxylic acids is 1. The monoisotopic (exact) mass is 636 g/mol. The average Bonchev–Trinajstić information content (AvgIpc) is 3.76. The number of benzene rings is 1. The molecule has 2 aliphatic rings. The molecule has 0 unspecified atom stereocenters. The van der Waals surface area contributed by atoms with Crippen LogP contribution in [0.3, 0.4) is 0 Å². The van der Waals surface area contributed by atoms with Crippen LogP contribution in [-0.2, 0) is 5.67 Å². The molecule has 3 aromatic rings. The highest BCUT2D eigenvalue weighted by atomic mass is 79.9. The minimum atomic E-state index is -6.26. The van der Waals surface area contributed by atoms with Crippen molar-refractivity contribution in [2.75, 3.05) is 0 Å². The SMILES string of the molecule is N#CC1(CC(=O)c2cc(-c3cnn(-c4c(Br)cc(C(F)(C(F)(F)F)C(F)(F)F)n4C4CC4)c3)ccc2Cl)CC1. The van der Waals surface area contributed by atoms with Gasteiger partial charge in [0.1, 0.15) is 5.82 Å². The molecular formula is C25H17BrClF7N4O. The van der Waals surface area contributed by atoms with Crippen molar-refractivity contribution in [3.8, 4) is 23.0 Å². The zero-order valence-corrected chi connectivity index (χ0v) is 22.0. The summed E-state index contributed by atoms with van der Waals surface area (Å²) in [4.78, 5) is 12.8. The molecule has 0 saturated heterocycles. The maximum atomic E-state index is 15.1. The van der Waals surface area contributed by atoms with Crippen LogP contribution in [-0.4, -0.2) is 32.5 Å². The fraction of sp³-hybridized carbons (Fsp3) is 0.400. The second-order valence-electron chi connectivity index (χ2n) is 9.82. The fourth-order valence-corrected chi connectivity index (χ4v) is 5.32. The number of hydrogen-bond acceptors (Lipinski definition) is 3. The molecule has 39 heavy (non-hydrogen) atoms. The summed E-state index contributed by atoms with van der Waals surface area (Å²) in [7, 11) is 0. The zero-order chi connectivity index (χ0) is 28.5. The van der Waals surface area contributed by atoms with E-state index in [-0.39, 0.29) is 45.9 Å². The Hall–Kier alpha value is -2.85. The third-order valence-electron chi connectivity index (χ3n) is 7.00. The number of ketones is 1. The van der Waals surface area contributed by atoms with Crippen LogP contribution in [0.15, 0.2) is 41.1 Å². The number of alkyl halides is 7. The van der Waals surface area contributed by atoms with E-state index in [4.69, 9.17) is 11.6 Å². The fourth-order valence-electron chi connectivity index (χ4n) is 4.51. The Morgan fingerprint density at radius 1 is 1.10 bits per heavy atom. The van der Waals surface area contributed by atoms with Crippen molar-refractivity contribution in [1.29, 1.82) is 5.26 Å². The summed E-state index contributed by atoms with van der Waals surface area (Å²) in [5.41, 5.74) is -6.90. The van der Waals surface area contributed by atoms with Gasteiger partial charge in [-0.2, -0.15) is 36.7 Å². The number of nitrogens with zero attached hydrogens (tertiary/aromatic N) is 4. The summed E-state index contributed by atoms with van der Waals surface area (Å²) < 4.78 is 98.1. The zero-order valence-electron chi connectivity index (χ0n) is 19.7. The van der Waals surface area contributed by atoms with Crippen LogP contribution >= 0.6 is 27.5 Å². The third-order valence-corrected chi connectivity index (χ3v) is 7.91. The van der Waals surface area contributed by atoms with Gasteiger partial charge in [0.15, 0.2) is 5.78 Å². The van der Waals surface area contributed by atoms with Crippen LogP contribution in [0.2, 0.25) is 5.02 Å². The van der Waals surface area contributed by atoms with Gasteiger partial charge in [-0.3, -0.25) is 4.79 Å². The lowest BCUT2D eigenvalue weighted by Crippen LogP contribution is -2.51. The van der Waals surface area contributed by atoms with Gasteiger partial charge < -0.3 is 4.57 Å². The van der Waals surface area contributed by atoms with Crippen molar-refractivity contribution in [1.82, 2.24) is 14.3 Å². The Morgan fingerprint density at radius 3 is 2.28 bits per heavy atom. The molecule has 2 aromatic heterocycles. The van der Waals surface area contributed by atoms with E-state index in [9.17, 15) is 36.4 Å². The molecule has 14 heteroatoms. The van der Waals surface area contributed by atoms with Crippen molar-refractivity contribution in [2.24, 2.45) is 5.41 Å². The van der Waals surface area contributed by atoms with E-state index in [1.165, 1.54) is 24.5 Å². The van der Waals surface area contributed by atoms with Gasteiger partial charge >= 0.3 is 18.0 Å². The molecule has 0 bridgehead atoms. The van der Waals surface area contributed by atoms with Gasteiger partial charge in [0, 0.05) is 29.8 Å².